The van der Waals surface area contributed by atoms with Crippen molar-refractivity contribution in [1.29, 1.82) is 0 Å². The second kappa shape index (κ2) is 3.50. The average Bonchev–Trinajstić information content (AvgIpc) is 2.59. The van der Waals surface area contributed by atoms with E-state index in [1.54, 1.807) is 25.1 Å². The molecule has 0 saturated carbocycles. The molecule has 2 aromatic rings. The van der Waals surface area contributed by atoms with Gasteiger partial charge >= 0.3 is 0 Å². The Morgan fingerprint density at radius 2 is 2.13 bits per heavy atom. The number of oxazole rings is 1. The summed E-state index contributed by atoms with van der Waals surface area (Å²) in [7, 11) is 0. The standard InChI is InChI=1S/C12H13NO2/c1-7(2)12-13-10-6-9(8(3)14)4-5-11(10)15-12/h4-7H,1-3H3. The van der Waals surface area contributed by atoms with Crippen molar-refractivity contribution in [3.05, 3.63) is 29.7 Å². The van der Waals surface area contributed by atoms with Gasteiger partial charge in [-0.1, -0.05) is 13.8 Å². The average molecular weight is 203 g/mol. The first-order valence-electron chi connectivity index (χ1n) is 4.99. The Balaban J connectivity index is 2.57. The maximum atomic E-state index is 11.2. The van der Waals surface area contributed by atoms with Crippen LogP contribution in [0.1, 0.15) is 42.9 Å². The Morgan fingerprint density at radius 1 is 1.40 bits per heavy atom. The maximum absolute atomic E-state index is 11.2. The van der Waals surface area contributed by atoms with E-state index in [9.17, 15) is 4.79 Å². The van der Waals surface area contributed by atoms with Gasteiger partial charge in [0.15, 0.2) is 17.3 Å². The Kier molecular flexibility index (Phi) is 2.31. The first-order chi connectivity index (χ1) is 7.08. The van der Waals surface area contributed by atoms with Crippen molar-refractivity contribution in [3.8, 4) is 0 Å². The smallest absolute Gasteiger partial charge is 0.198 e. The highest BCUT2D eigenvalue weighted by Gasteiger charge is 2.10. The highest BCUT2D eigenvalue weighted by Crippen LogP contribution is 2.21. The first-order valence-corrected chi connectivity index (χ1v) is 4.99. The summed E-state index contributed by atoms with van der Waals surface area (Å²) in [5.41, 5.74) is 2.17. The monoisotopic (exact) mass is 203 g/mol. The molecule has 0 saturated heterocycles. The van der Waals surface area contributed by atoms with Crippen molar-refractivity contribution >= 4 is 16.9 Å². The second-order valence-electron chi connectivity index (χ2n) is 3.95. The molecule has 0 fully saturated rings. The summed E-state index contributed by atoms with van der Waals surface area (Å²) in [6.07, 6.45) is 0. The molecule has 3 nitrogen and oxygen atoms in total. The first kappa shape index (κ1) is 9.90. The molecule has 0 amide bonds. The lowest BCUT2D eigenvalue weighted by Crippen LogP contribution is -1.90. The van der Waals surface area contributed by atoms with Gasteiger partial charge in [-0.05, 0) is 25.1 Å². The van der Waals surface area contributed by atoms with Crippen molar-refractivity contribution in [1.82, 2.24) is 4.98 Å². The number of rotatable bonds is 2. The highest BCUT2D eigenvalue weighted by molar-refractivity contribution is 5.96. The molecule has 0 atom stereocenters. The number of aromatic nitrogens is 1. The molecule has 0 radical (unpaired) electrons. The van der Waals surface area contributed by atoms with Crippen LogP contribution >= 0.6 is 0 Å². The zero-order valence-electron chi connectivity index (χ0n) is 9.07. The molecule has 0 spiro atoms. The number of benzene rings is 1. The molecular formula is C12H13NO2. The van der Waals surface area contributed by atoms with Crippen molar-refractivity contribution in [2.75, 3.05) is 0 Å². The summed E-state index contributed by atoms with van der Waals surface area (Å²) < 4.78 is 5.54. The van der Waals surface area contributed by atoms with Crippen LogP contribution in [0.5, 0.6) is 0 Å². The van der Waals surface area contributed by atoms with Gasteiger partial charge in [-0.15, -0.1) is 0 Å². The molecule has 2 rings (SSSR count). The van der Waals surface area contributed by atoms with Gasteiger partial charge in [0.2, 0.25) is 0 Å². The third-order valence-corrected chi connectivity index (χ3v) is 2.30. The molecule has 1 aromatic carbocycles. The molecule has 3 heteroatoms. The Hall–Kier alpha value is -1.64. The zero-order valence-corrected chi connectivity index (χ0v) is 9.07. The number of hydrogen-bond acceptors (Lipinski definition) is 3. The Morgan fingerprint density at radius 3 is 2.73 bits per heavy atom. The predicted molar refractivity (Wildman–Crippen MR) is 58.1 cm³/mol. The van der Waals surface area contributed by atoms with Gasteiger partial charge in [-0.2, -0.15) is 0 Å². The number of hydrogen-bond donors (Lipinski definition) is 0. The lowest BCUT2D eigenvalue weighted by molar-refractivity contribution is 0.101. The van der Waals surface area contributed by atoms with Crippen LogP contribution in [-0.4, -0.2) is 10.8 Å². The predicted octanol–water partition coefficient (Wildman–Crippen LogP) is 3.15. The highest BCUT2D eigenvalue weighted by atomic mass is 16.3. The van der Waals surface area contributed by atoms with E-state index in [-0.39, 0.29) is 11.7 Å². The van der Waals surface area contributed by atoms with Crippen LogP contribution in [0.25, 0.3) is 11.1 Å². The quantitative estimate of drug-likeness (QED) is 0.704. The van der Waals surface area contributed by atoms with Gasteiger partial charge < -0.3 is 4.42 Å². The maximum Gasteiger partial charge on any atom is 0.198 e. The number of carbonyl (C=O) groups is 1. The molecule has 0 unspecified atom stereocenters. The fourth-order valence-electron chi connectivity index (χ4n) is 1.41. The van der Waals surface area contributed by atoms with Gasteiger partial charge in [0.05, 0.1) is 0 Å². The minimum Gasteiger partial charge on any atom is -0.440 e. The molecule has 15 heavy (non-hydrogen) atoms. The third kappa shape index (κ3) is 1.77. The van der Waals surface area contributed by atoms with Crippen LogP contribution in [0.4, 0.5) is 0 Å². The Labute approximate surface area is 88.1 Å². The lowest BCUT2D eigenvalue weighted by Gasteiger charge is -1.93. The summed E-state index contributed by atoms with van der Waals surface area (Å²) >= 11 is 0. The summed E-state index contributed by atoms with van der Waals surface area (Å²) in [5.74, 6) is 1.02. The third-order valence-electron chi connectivity index (χ3n) is 2.30. The topological polar surface area (TPSA) is 43.1 Å². The van der Waals surface area contributed by atoms with Crippen molar-refractivity contribution in [3.63, 3.8) is 0 Å². The van der Waals surface area contributed by atoms with E-state index in [1.807, 2.05) is 13.8 Å². The number of ketones is 1. The molecule has 0 aliphatic rings. The van der Waals surface area contributed by atoms with E-state index in [0.717, 1.165) is 11.1 Å². The normalized spacial score (nSPS) is 11.2. The fourth-order valence-corrected chi connectivity index (χ4v) is 1.41. The number of nitrogens with zero attached hydrogens (tertiary/aromatic N) is 1. The fraction of sp³-hybridized carbons (Fsp3) is 0.333. The van der Waals surface area contributed by atoms with Gasteiger partial charge in [0, 0.05) is 11.5 Å². The molecule has 0 N–H and O–H groups in total. The summed E-state index contributed by atoms with van der Waals surface area (Å²) in [5, 5.41) is 0. The largest absolute Gasteiger partial charge is 0.440 e. The van der Waals surface area contributed by atoms with Gasteiger partial charge in [-0.25, -0.2) is 4.98 Å². The molecular weight excluding hydrogens is 190 g/mol. The van der Waals surface area contributed by atoms with Crippen molar-refractivity contribution in [2.45, 2.75) is 26.7 Å². The SMILES string of the molecule is CC(=O)c1ccc2oc(C(C)C)nc2c1. The molecule has 0 aliphatic heterocycles. The van der Waals surface area contributed by atoms with Crippen LogP contribution in [0.2, 0.25) is 0 Å². The van der Waals surface area contributed by atoms with Crippen LogP contribution in [0.3, 0.4) is 0 Å². The van der Waals surface area contributed by atoms with Gasteiger partial charge in [-0.3, -0.25) is 4.79 Å². The number of Topliss-reactive ketones (excluding diaryl/α,β-unsaturated/α-hetero) is 1. The molecule has 1 aromatic heterocycles. The van der Waals surface area contributed by atoms with E-state index in [4.69, 9.17) is 4.42 Å². The zero-order chi connectivity index (χ0) is 11.0. The van der Waals surface area contributed by atoms with Gasteiger partial charge in [0.1, 0.15) is 5.52 Å². The van der Waals surface area contributed by atoms with E-state index in [2.05, 4.69) is 4.98 Å². The van der Waals surface area contributed by atoms with Crippen molar-refractivity contribution in [2.24, 2.45) is 0 Å². The van der Waals surface area contributed by atoms with Crippen LogP contribution in [0, 0.1) is 0 Å². The van der Waals surface area contributed by atoms with Crippen molar-refractivity contribution < 1.29 is 9.21 Å². The minimum absolute atomic E-state index is 0.0472. The molecule has 0 aliphatic carbocycles. The van der Waals surface area contributed by atoms with E-state index in [0.29, 0.717) is 11.5 Å². The van der Waals surface area contributed by atoms with E-state index in [1.165, 1.54) is 0 Å². The molecule has 1 heterocycles. The molecule has 0 bridgehead atoms. The van der Waals surface area contributed by atoms with E-state index >= 15 is 0 Å². The lowest BCUT2D eigenvalue weighted by atomic mass is 10.1. The Bertz CT molecular complexity index is 511. The van der Waals surface area contributed by atoms with E-state index < -0.39 is 0 Å². The minimum atomic E-state index is 0.0472. The van der Waals surface area contributed by atoms with Crippen LogP contribution < -0.4 is 0 Å². The summed E-state index contributed by atoms with van der Waals surface area (Å²) in [4.78, 5) is 15.5. The molecule has 78 valence electrons. The van der Waals surface area contributed by atoms with Crippen LogP contribution in [0.15, 0.2) is 22.6 Å². The summed E-state index contributed by atoms with van der Waals surface area (Å²) in [6.45, 7) is 5.60. The number of carbonyl (C=O) groups excluding carboxylic acids is 1. The number of fused-ring (bicyclic) bond motifs is 1. The second-order valence-corrected chi connectivity index (χ2v) is 3.95. The summed E-state index contributed by atoms with van der Waals surface area (Å²) in [6, 6.07) is 5.33. The van der Waals surface area contributed by atoms with Crippen LogP contribution in [-0.2, 0) is 0 Å². The van der Waals surface area contributed by atoms with Gasteiger partial charge in [0.25, 0.3) is 0 Å².